The quantitative estimate of drug-likeness (QED) is 0.597. The van der Waals surface area contributed by atoms with Crippen LogP contribution in [0.25, 0.3) is 0 Å². The van der Waals surface area contributed by atoms with E-state index in [2.05, 4.69) is 27.7 Å². The second kappa shape index (κ2) is 3.00. The molecule has 0 N–H and O–H groups in total. The predicted molar refractivity (Wildman–Crippen MR) is 57.6 cm³/mol. The molecule has 0 radical (unpaired) electrons. The molecular formula is C13H24. The van der Waals surface area contributed by atoms with Gasteiger partial charge in [-0.1, -0.05) is 47.0 Å². The van der Waals surface area contributed by atoms with Crippen molar-refractivity contribution in [3.63, 3.8) is 0 Å². The van der Waals surface area contributed by atoms with Gasteiger partial charge in [-0.15, -0.1) is 0 Å². The fraction of sp³-hybridized carbons (Fsp3) is 1.00. The largest absolute Gasteiger partial charge is 0.0654 e. The van der Waals surface area contributed by atoms with Crippen LogP contribution in [0, 0.1) is 29.1 Å². The van der Waals surface area contributed by atoms with Gasteiger partial charge in [0.15, 0.2) is 0 Å². The van der Waals surface area contributed by atoms with Crippen molar-refractivity contribution in [2.45, 2.75) is 53.4 Å². The fourth-order valence-corrected chi connectivity index (χ4v) is 3.46. The summed E-state index contributed by atoms with van der Waals surface area (Å²) in [6.45, 7) is 9.66. The molecule has 0 nitrogen and oxygen atoms in total. The van der Waals surface area contributed by atoms with Gasteiger partial charge in [0.1, 0.15) is 0 Å². The molecule has 2 fully saturated rings. The third-order valence-corrected chi connectivity index (χ3v) is 4.89. The van der Waals surface area contributed by atoms with Gasteiger partial charge in [0.05, 0.1) is 0 Å². The highest BCUT2D eigenvalue weighted by Crippen LogP contribution is 2.82. The van der Waals surface area contributed by atoms with Crippen molar-refractivity contribution in [3.8, 4) is 0 Å². The van der Waals surface area contributed by atoms with Crippen LogP contribution in [0.3, 0.4) is 0 Å². The first-order valence-electron chi connectivity index (χ1n) is 6.15. The Bertz CT molecular complexity index is 196. The first-order valence-corrected chi connectivity index (χ1v) is 6.15. The lowest BCUT2D eigenvalue weighted by atomic mass is 9.79. The zero-order valence-electron chi connectivity index (χ0n) is 9.64. The Labute approximate surface area is 83.1 Å². The lowest BCUT2D eigenvalue weighted by molar-refractivity contribution is 0.228. The molecule has 0 bridgehead atoms. The van der Waals surface area contributed by atoms with Gasteiger partial charge in [-0.05, 0) is 35.5 Å². The minimum absolute atomic E-state index is 0.837. The van der Waals surface area contributed by atoms with Crippen LogP contribution < -0.4 is 0 Å². The molecule has 0 aromatic heterocycles. The SMILES string of the molecule is CCCC(C(C)CC)C1C2CC21C. The molecule has 0 heterocycles. The van der Waals surface area contributed by atoms with Gasteiger partial charge in [-0.3, -0.25) is 0 Å². The zero-order valence-corrected chi connectivity index (χ0v) is 9.64. The van der Waals surface area contributed by atoms with Gasteiger partial charge in [0.2, 0.25) is 0 Å². The van der Waals surface area contributed by atoms with Crippen molar-refractivity contribution in [2.75, 3.05) is 0 Å². The van der Waals surface area contributed by atoms with E-state index in [-0.39, 0.29) is 0 Å². The van der Waals surface area contributed by atoms with Gasteiger partial charge < -0.3 is 0 Å². The average Bonchev–Trinajstić information content (AvgIpc) is 2.91. The zero-order chi connectivity index (χ0) is 9.64. The van der Waals surface area contributed by atoms with E-state index in [4.69, 9.17) is 0 Å². The third-order valence-electron chi connectivity index (χ3n) is 4.89. The van der Waals surface area contributed by atoms with Crippen molar-refractivity contribution < 1.29 is 0 Å². The van der Waals surface area contributed by atoms with E-state index in [0.717, 1.165) is 29.1 Å². The molecular weight excluding hydrogens is 156 g/mol. The second-order valence-electron chi connectivity index (χ2n) is 5.68. The Hall–Kier alpha value is 0. The molecule has 0 aromatic carbocycles. The minimum Gasteiger partial charge on any atom is -0.0654 e. The van der Waals surface area contributed by atoms with E-state index in [1.54, 1.807) is 6.42 Å². The molecule has 2 aliphatic rings. The Kier molecular flexibility index (Phi) is 2.20. The van der Waals surface area contributed by atoms with Crippen molar-refractivity contribution in [3.05, 3.63) is 0 Å². The molecule has 13 heavy (non-hydrogen) atoms. The average molecular weight is 180 g/mol. The maximum absolute atomic E-state index is 2.51. The van der Waals surface area contributed by atoms with Crippen molar-refractivity contribution in [1.29, 1.82) is 0 Å². The summed E-state index contributed by atoms with van der Waals surface area (Å²) in [6, 6.07) is 0. The highest BCUT2D eigenvalue weighted by atomic mass is 14.8. The van der Waals surface area contributed by atoms with E-state index in [1.165, 1.54) is 19.3 Å². The summed E-state index contributed by atoms with van der Waals surface area (Å²) in [5.41, 5.74) is 0.837. The van der Waals surface area contributed by atoms with Gasteiger partial charge >= 0.3 is 0 Å². The van der Waals surface area contributed by atoms with Crippen LogP contribution in [-0.4, -0.2) is 0 Å². The van der Waals surface area contributed by atoms with Crippen LogP contribution >= 0.6 is 0 Å². The van der Waals surface area contributed by atoms with Crippen LogP contribution in [0.15, 0.2) is 0 Å². The Morgan fingerprint density at radius 1 is 1.38 bits per heavy atom. The topological polar surface area (TPSA) is 0 Å². The Morgan fingerprint density at radius 2 is 2.00 bits per heavy atom. The molecule has 0 spiro atoms. The van der Waals surface area contributed by atoms with E-state index in [0.29, 0.717) is 0 Å². The van der Waals surface area contributed by atoms with Crippen LogP contribution in [0.2, 0.25) is 0 Å². The number of hydrogen-bond acceptors (Lipinski definition) is 0. The number of fused-ring (bicyclic) bond motifs is 1. The van der Waals surface area contributed by atoms with Gasteiger partial charge in [-0.25, -0.2) is 0 Å². The smallest absolute Gasteiger partial charge is 0.0258 e. The molecule has 5 atom stereocenters. The molecule has 2 saturated carbocycles. The van der Waals surface area contributed by atoms with Crippen molar-refractivity contribution in [1.82, 2.24) is 0 Å². The molecule has 0 heteroatoms. The number of hydrogen-bond donors (Lipinski definition) is 0. The summed E-state index contributed by atoms with van der Waals surface area (Å²) in [6.07, 6.45) is 5.79. The molecule has 0 saturated heterocycles. The maximum atomic E-state index is 2.51. The number of rotatable bonds is 5. The van der Waals surface area contributed by atoms with E-state index < -0.39 is 0 Å². The molecule has 0 aliphatic heterocycles. The summed E-state index contributed by atoms with van der Waals surface area (Å²) in [4.78, 5) is 0. The Balaban J connectivity index is 1.91. The minimum atomic E-state index is 0.837. The molecule has 0 aromatic rings. The standard InChI is InChI=1S/C13H24/c1-5-7-10(9(3)6-2)12-11-8-13(11,12)4/h9-12H,5-8H2,1-4H3. The van der Waals surface area contributed by atoms with E-state index >= 15 is 0 Å². The summed E-state index contributed by atoms with van der Waals surface area (Å²) in [5.74, 6) is 4.30. The van der Waals surface area contributed by atoms with Crippen LogP contribution in [0.4, 0.5) is 0 Å². The molecule has 0 amide bonds. The van der Waals surface area contributed by atoms with E-state index in [1.807, 2.05) is 0 Å². The summed E-state index contributed by atoms with van der Waals surface area (Å²) < 4.78 is 0. The van der Waals surface area contributed by atoms with Gasteiger partial charge in [0.25, 0.3) is 0 Å². The lowest BCUT2D eigenvalue weighted by Crippen LogP contribution is -2.19. The molecule has 5 unspecified atom stereocenters. The second-order valence-corrected chi connectivity index (χ2v) is 5.68. The normalized spacial score (nSPS) is 45.2. The van der Waals surface area contributed by atoms with Gasteiger partial charge in [-0.2, -0.15) is 0 Å². The Morgan fingerprint density at radius 3 is 2.31 bits per heavy atom. The van der Waals surface area contributed by atoms with Crippen LogP contribution in [0.5, 0.6) is 0 Å². The predicted octanol–water partition coefficient (Wildman–Crippen LogP) is 4.10. The highest BCUT2D eigenvalue weighted by molar-refractivity contribution is 5.24. The van der Waals surface area contributed by atoms with Crippen LogP contribution in [0.1, 0.15) is 53.4 Å². The summed E-state index contributed by atoms with van der Waals surface area (Å²) >= 11 is 0. The first-order chi connectivity index (χ1) is 6.15. The first kappa shape index (κ1) is 9.55. The maximum Gasteiger partial charge on any atom is -0.0258 e. The fourth-order valence-electron chi connectivity index (χ4n) is 3.46. The van der Waals surface area contributed by atoms with Crippen molar-refractivity contribution >= 4 is 0 Å². The van der Waals surface area contributed by atoms with Crippen molar-refractivity contribution in [2.24, 2.45) is 29.1 Å². The highest BCUT2D eigenvalue weighted by Gasteiger charge is 2.76. The molecule has 2 aliphatic carbocycles. The monoisotopic (exact) mass is 180 g/mol. The summed E-state index contributed by atoms with van der Waals surface area (Å²) in [5, 5.41) is 0. The lowest BCUT2D eigenvalue weighted by Gasteiger charge is -2.26. The van der Waals surface area contributed by atoms with Crippen LogP contribution in [-0.2, 0) is 0 Å². The van der Waals surface area contributed by atoms with Gasteiger partial charge in [0, 0.05) is 0 Å². The molecule has 2 rings (SSSR count). The summed E-state index contributed by atoms with van der Waals surface area (Å²) in [7, 11) is 0. The van der Waals surface area contributed by atoms with E-state index in [9.17, 15) is 0 Å². The third kappa shape index (κ3) is 1.33. The molecule has 76 valence electrons.